The summed E-state index contributed by atoms with van der Waals surface area (Å²) >= 11 is 0. The van der Waals surface area contributed by atoms with Crippen LogP contribution in [0, 0.1) is 0 Å². The Balaban J connectivity index is 1.73. The van der Waals surface area contributed by atoms with E-state index in [1.807, 2.05) is 30.3 Å². The molecule has 0 fully saturated rings. The van der Waals surface area contributed by atoms with Crippen molar-refractivity contribution in [3.05, 3.63) is 83.9 Å². The smallest absolute Gasteiger partial charge is 0.336 e. The molecule has 2 heterocycles. The largest absolute Gasteiger partial charge is 0.478 e. The number of carboxylic acid groups (broad SMARTS) is 2. The second-order valence-electron chi connectivity index (χ2n) is 6.94. The standard InChI is InChI=1S/C24H14N2O5/c27-23(28)15-8-6-13(7-9-15)19-12-16(24(29)30)20-17(25-19)10-11-18-21(20)31-22(26-18)14-4-2-1-3-5-14/h1-12H,(H,27,28)(H,29,30). The Morgan fingerprint density at radius 1 is 0.742 bits per heavy atom. The normalized spacial score (nSPS) is 11.1. The maximum absolute atomic E-state index is 12.1. The molecule has 0 saturated carbocycles. The SMILES string of the molecule is O=C(O)c1ccc(-c2cc(C(=O)O)c3c(ccc4nc(-c5ccccc5)oc43)n2)cc1. The van der Waals surface area contributed by atoms with Crippen LogP contribution in [-0.4, -0.2) is 32.1 Å². The molecule has 0 spiro atoms. The number of oxazole rings is 1. The molecule has 0 aliphatic rings. The van der Waals surface area contributed by atoms with Gasteiger partial charge in [-0.2, -0.15) is 0 Å². The Kier molecular flexibility index (Phi) is 4.22. The van der Waals surface area contributed by atoms with Gasteiger partial charge in [0.1, 0.15) is 5.52 Å². The van der Waals surface area contributed by atoms with E-state index in [1.165, 1.54) is 18.2 Å². The van der Waals surface area contributed by atoms with Gasteiger partial charge in [0.2, 0.25) is 5.89 Å². The average molecular weight is 410 g/mol. The molecule has 0 bridgehead atoms. The molecule has 7 heteroatoms. The third kappa shape index (κ3) is 3.18. The van der Waals surface area contributed by atoms with Gasteiger partial charge >= 0.3 is 11.9 Å². The fourth-order valence-corrected chi connectivity index (χ4v) is 3.51. The molecule has 2 aromatic heterocycles. The summed E-state index contributed by atoms with van der Waals surface area (Å²) in [5.74, 6) is -1.76. The Morgan fingerprint density at radius 3 is 2.13 bits per heavy atom. The fraction of sp³-hybridized carbons (Fsp3) is 0. The van der Waals surface area contributed by atoms with E-state index in [0.29, 0.717) is 39.2 Å². The molecule has 0 atom stereocenters. The van der Waals surface area contributed by atoms with Gasteiger partial charge < -0.3 is 14.6 Å². The Bertz CT molecular complexity index is 1470. The minimum atomic E-state index is -1.12. The third-order valence-electron chi connectivity index (χ3n) is 5.01. The lowest BCUT2D eigenvalue weighted by Gasteiger charge is -2.08. The van der Waals surface area contributed by atoms with Crippen molar-refractivity contribution in [3.8, 4) is 22.7 Å². The number of pyridine rings is 1. The number of benzene rings is 3. The second kappa shape index (κ2) is 7.07. The van der Waals surface area contributed by atoms with Crippen molar-refractivity contribution in [2.45, 2.75) is 0 Å². The molecule has 150 valence electrons. The Morgan fingerprint density at radius 2 is 1.45 bits per heavy atom. The Hall–Kier alpha value is -4.52. The molecule has 2 N–H and O–H groups in total. The highest BCUT2D eigenvalue weighted by molar-refractivity contribution is 6.13. The van der Waals surface area contributed by atoms with E-state index in [9.17, 15) is 14.7 Å². The summed E-state index contributed by atoms with van der Waals surface area (Å²) in [6.07, 6.45) is 0. The number of hydrogen-bond acceptors (Lipinski definition) is 5. The zero-order valence-corrected chi connectivity index (χ0v) is 15.9. The summed E-state index contributed by atoms with van der Waals surface area (Å²) < 4.78 is 5.97. The van der Waals surface area contributed by atoms with Gasteiger partial charge in [0, 0.05) is 11.1 Å². The summed E-state index contributed by atoms with van der Waals surface area (Å²) in [5.41, 5.74) is 3.32. The van der Waals surface area contributed by atoms with Crippen LogP contribution in [0.4, 0.5) is 0 Å². The molecule has 0 aliphatic carbocycles. The van der Waals surface area contributed by atoms with Gasteiger partial charge in [-0.05, 0) is 42.5 Å². The maximum atomic E-state index is 12.1. The van der Waals surface area contributed by atoms with Gasteiger partial charge in [0.15, 0.2) is 5.58 Å². The summed E-state index contributed by atoms with van der Waals surface area (Å²) in [5, 5.41) is 19.3. The van der Waals surface area contributed by atoms with Crippen LogP contribution in [0.25, 0.3) is 44.7 Å². The van der Waals surface area contributed by atoms with E-state index in [1.54, 1.807) is 24.3 Å². The van der Waals surface area contributed by atoms with E-state index in [4.69, 9.17) is 9.52 Å². The van der Waals surface area contributed by atoms with E-state index in [-0.39, 0.29) is 11.1 Å². The highest BCUT2D eigenvalue weighted by Gasteiger charge is 2.19. The first-order valence-corrected chi connectivity index (χ1v) is 9.38. The molecule has 31 heavy (non-hydrogen) atoms. The quantitative estimate of drug-likeness (QED) is 0.423. The van der Waals surface area contributed by atoms with Gasteiger partial charge in [-0.1, -0.05) is 30.3 Å². The van der Waals surface area contributed by atoms with Gasteiger partial charge in [-0.25, -0.2) is 19.6 Å². The molecule has 5 rings (SSSR count). The van der Waals surface area contributed by atoms with Crippen molar-refractivity contribution >= 4 is 33.9 Å². The lowest BCUT2D eigenvalue weighted by Crippen LogP contribution is -2.01. The minimum Gasteiger partial charge on any atom is -0.478 e. The molecule has 3 aromatic carbocycles. The fourth-order valence-electron chi connectivity index (χ4n) is 3.51. The van der Waals surface area contributed by atoms with Crippen molar-refractivity contribution in [1.29, 1.82) is 0 Å². The van der Waals surface area contributed by atoms with Crippen LogP contribution in [-0.2, 0) is 0 Å². The molecule has 0 radical (unpaired) electrons. The van der Waals surface area contributed by atoms with Crippen molar-refractivity contribution in [1.82, 2.24) is 9.97 Å². The summed E-state index contributed by atoms with van der Waals surface area (Å²) in [4.78, 5) is 32.3. The molecule has 0 unspecified atom stereocenters. The second-order valence-corrected chi connectivity index (χ2v) is 6.94. The summed E-state index contributed by atoms with van der Waals surface area (Å²) in [7, 11) is 0. The molecular formula is C24H14N2O5. The first kappa shape index (κ1) is 18.5. The van der Waals surface area contributed by atoms with Crippen LogP contribution >= 0.6 is 0 Å². The molecule has 5 aromatic rings. The van der Waals surface area contributed by atoms with Crippen LogP contribution in [0.15, 0.2) is 77.2 Å². The van der Waals surface area contributed by atoms with E-state index < -0.39 is 11.9 Å². The molecule has 0 saturated heterocycles. The van der Waals surface area contributed by atoms with Gasteiger partial charge in [0.25, 0.3) is 0 Å². The first-order valence-electron chi connectivity index (χ1n) is 9.38. The zero-order valence-electron chi connectivity index (χ0n) is 15.9. The lowest BCUT2D eigenvalue weighted by molar-refractivity contribution is 0.0687. The van der Waals surface area contributed by atoms with E-state index in [2.05, 4.69) is 9.97 Å². The van der Waals surface area contributed by atoms with Crippen LogP contribution in [0.1, 0.15) is 20.7 Å². The predicted octanol–water partition coefficient (Wildman–Crippen LogP) is 5.11. The summed E-state index contributed by atoms with van der Waals surface area (Å²) in [6.45, 7) is 0. The van der Waals surface area contributed by atoms with Crippen molar-refractivity contribution < 1.29 is 24.2 Å². The molecule has 0 aliphatic heterocycles. The van der Waals surface area contributed by atoms with Crippen molar-refractivity contribution in [2.24, 2.45) is 0 Å². The predicted molar refractivity (Wildman–Crippen MR) is 114 cm³/mol. The van der Waals surface area contributed by atoms with Crippen molar-refractivity contribution in [3.63, 3.8) is 0 Å². The average Bonchev–Trinajstić information content (AvgIpc) is 3.23. The van der Waals surface area contributed by atoms with Crippen LogP contribution in [0.3, 0.4) is 0 Å². The lowest BCUT2D eigenvalue weighted by atomic mass is 10.0. The first-order chi connectivity index (χ1) is 15.0. The topological polar surface area (TPSA) is 114 Å². The van der Waals surface area contributed by atoms with Gasteiger partial charge in [-0.3, -0.25) is 0 Å². The number of carbonyl (C=O) groups is 2. The number of hydrogen-bond donors (Lipinski definition) is 2. The van der Waals surface area contributed by atoms with Gasteiger partial charge in [-0.15, -0.1) is 0 Å². The third-order valence-corrected chi connectivity index (χ3v) is 5.01. The number of fused-ring (bicyclic) bond motifs is 3. The number of aromatic carboxylic acids is 2. The Labute approximate surface area is 175 Å². The zero-order chi connectivity index (χ0) is 21.5. The molecule has 7 nitrogen and oxygen atoms in total. The number of nitrogens with zero attached hydrogens (tertiary/aromatic N) is 2. The molecular weight excluding hydrogens is 396 g/mol. The van der Waals surface area contributed by atoms with Gasteiger partial charge in [0.05, 0.1) is 27.7 Å². The van der Waals surface area contributed by atoms with Crippen molar-refractivity contribution in [2.75, 3.05) is 0 Å². The minimum absolute atomic E-state index is 0.0312. The number of rotatable bonds is 4. The summed E-state index contributed by atoms with van der Waals surface area (Å²) in [6, 6.07) is 20.4. The monoisotopic (exact) mass is 410 g/mol. The highest BCUT2D eigenvalue weighted by Crippen LogP contribution is 2.33. The van der Waals surface area contributed by atoms with Crippen LogP contribution in [0.5, 0.6) is 0 Å². The van der Waals surface area contributed by atoms with E-state index in [0.717, 1.165) is 5.56 Å². The van der Waals surface area contributed by atoms with E-state index >= 15 is 0 Å². The van der Waals surface area contributed by atoms with Crippen LogP contribution < -0.4 is 0 Å². The van der Waals surface area contributed by atoms with Crippen LogP contribution in [0.2, 0.25) is 0 Å². The maximum Gasteiger partial charge on any atom is 0.336 e. The molecule has 0 amide bonds. The number of carboxylic acids is 2. The number of aromatic nitrogens is 2. The highest BCUT2D eigenvalue weighted by atomic mass is 16.4.